The number of nitrogens with one attached hydrogen (secondary N) is 2. The van der Waals surface area contributed by atoms with Crippen molar-refractivity contribution in [3.8, 4) is 0 Å². The van der Waals surface area contributed by atoms with Gasteiger partial charge in [0.05, 0.1) is 5.92 Å². The lowest BCUT2D eigenvalue weighted by molar-refractivity contribution is -0.122. The molecule has 0 radical (unpaired) electrons. The number of rotatable bonds is 6. The van der Waals surface area contributed by atoms with E-state index in [0.29, 0.717) is 6.54 Å². The Balaban J connectivity index is 1.46. The Kier molecular flexibility index (Phi) is 6.23. The van der Waals surface area contributed by atoms with Crippen LogP contribution in [0.3, 0.4) is 0 Å². The number of hydrogen-bond donors (Lipinski definition) is 2. The summed E-state index contributed by atoms with van der Waals surface area (Å²) in [6, 6.07) is 14.7. The zero-order chi connectivity index (χ0) is 18.4. The van der Waals surface area contributed by atoms with Crippen LogP contribution in [0.1, 0.15) is 24.0 Å². The van der Waals surface area contributed by atoms with Crippen LogP contribution >= 0.6 is 0 Å². The van der Waals surface area contributed by atoms with Gasteiger partial charge in [0.2, 0.25) is 5.91 Å². The van der Waals surface area contributed by atoms with Crippen LogP contribution < -0.4 is 15.5 Å². The maximum absolute atomic E-state index is 13.0. The Morgan fingerprint density at radius 3 is 2.42 bits per heavy atom. The number of benzene rings is 2. The SMILES string of the molecule is C[C@H](C(=O)NCCc1ccc(N2CCNCC2)cc1)c1ccc(F)cc1. The van der Waals surface area contributed by atoms with Crippen molar-refractivity contribution in [3.05, 3.63) is 65.5 Å². The first kappa shape index (κ1) is 18.4. The number of nitrogens with zero attached hydrogens (tertiary/aromatic N) is 1. The van der Waals surface area contributed by atoms with E-state index in [-0.39, 0.29) is 17.6 Å². The normalized spacial score (nSPS) is 15.5. The van der Waals surface area contributed by atoms with E-state index in [4.69, 9.17) is 0 Å². The fourth-order valence-corrected chi connectivity index (χ4v) is 3.18. The highest BCUT2D eigenvalue weighted by Crippen LogP contribution is 2.17. The Morgan fingerprint density at radius 2 is 1.77 bits per heavy atom. The molecule has 0 aliphatic carbocycles. The van der Waals surface area contributed by atoms with Gasteiger partial charge in [0.15, 0.2) is 0 Å². The van der Waals surface area contributed by atoms with E-state index in [0.717, 1.165) is 38.2 Å². The lowest BCUT2D eigenvalue weighted by atomic mass is 10.0. The topological polar surface area (TPSA) is 44.4 Å². The molecule has 2 aromatic rings. The largest absolute Gasteiger partial charge is 0.369 e. The molecule has 4 nitrogen and oxygen atoms in total. The fraction of sp³-hybridized carbons (Fsp3) is 0.381. The summed E-state index contributed by atoms with van der Waals surface area (Å²) in [5, 5.41) is 6.33. The zero-order valence-corrected chi connectivity index (χ0v) is 15.2. The van der Waals surface area contributed by atoms with Gasteiger partial charge in [-0.25, -0.2) is 4.39 Å². The second-order valence-corrected chi connectivity index (χ2v) is 6.72. The molecule has 1 saturated heterocycles. The minimum absolute atomic E-state index is 0.0333. The summed E-state index contributed by atoms with van der Waals surface area (Å²) in [5.41, 5.74) is 3.28. The van der Waals surface area contributed by atoms with Gasteiger partial charge in [-0.05, 0) is 48.7 Å². The Hall–Kier alpha value is -2.40. The third kappa shape index (κ3) is 4.82. The molecule has 5 heteroatoms. The molecule has 138 valence electrons. The van der Waals surface area contributed by atoms with Crippen LogP contribution in [0.4, 0.5) is 10.1 Å². The molecule has 1 fully saturated rings. The highest BCUT2D eigenvalue weighted by atomic mass is 19.1. The standard InChI is InChI=1S/C21H26FN3O/c1-16(18-4-6-19(22)7-5-18)21(26)24-11-10-17-2-8-20(9-3-17)25-14-12-23-13-15-25/h2-9,16,23H,10-15H2,1H3,(H,24,26)/t16-/m0/s1. The van der Waals surface area contributed by atoms with Crippen molar-refractivity contribution < 1.29 is 9.18 Å². The van der Waals surface area contributed by atoms with E-state index >= 15 is 0 Å². The molecule has 1 heterocycles. The zero-order valence-electron chi connectivity index (χ0n) is 15.2. The molecule has 0 unspecified atom stereocenters. The monoisotopic (exact) mass is 355 g/mol. The number of halogens is 1. The van der Waals surface area contributed by atoms with Gasteiger partial charge in [0.1, 0.15) is 5.82 Å². The maximum atomic E-state index is 13.0. The van der Waals surface area contributed by atoms with Crippen LogP contribution in [-0.4, -0.2) is 38.6 Å². The Morgan fingerprint density at radius 1 is 1.12 bits per heavy atom. The van der Waals surface area contributed by atoms with Gasteiger partial charge in [-0.2, -0.15) is 0 Å². The average molecular weight is 355 g/mol. The van der Waals surface area contributed by atoms with E-state index < -0.39 is 0 Å². The van der Waals surface area contributed by atoms with Gasteiger partial charge in [0, 0.05) is 38.4 Å². The van der Waals surface area contributed by atoms with Crippen LogP contribution in [0.15, 0.2) is 48.5 Å². The van der Waals surface area contributed by atoms with Crippen molar-refractivity contribution in [1.29, 1.82) is 0 Å². The molecule has 1 aliphatic rings. The molecular weight excluding hydrogens is 329 g/mol. The molecule has 0 aromatic heterocycles. The number of hydrogen-bond acceptors (Lipinski definition) is 3. The van der Waals surface area contributed by atoms with Crippen molar-refractivity contribution in [2.45, 2.75) is 19.3 Å². The predicted molar refractivity (Wildman–Crippen MR) is 103 cm³/mol. The van der Waals surface area contributed by atoms with Crippen molar-refractivity contribution >= 4 is 11.6 Å². The Bertz CT molecular complexity index is 709. The van der Waals surface area contributed by atoms with Gasteiger partial charge in [-0.1, -0.05) is 24.3 Å². The van der Waals surface area contributed by atoms with E-state index in [1.165, 1.54) is 23.4 Å². The van der Waals surface area contributed by atoms with E-state index in [9.17, 15) is 9.18 Å². The quantitative estimate of drug-likeness (QED) is 0.837. The molecule has 1 aliphatic heterocycles. The van der Waals surface area contributed by atoms with Gasteiger partial charge in [0.25, 0.3) is 0 Å². The summed E-state index contributed by atoms with van der Waals surface area (Å²) in [6.45, 7) is 6.57. The Labute approximate surface area is 154 Å². The summed E-state index contributed by atoms with van der Waals surface area (Å²) < 4.78 is 13.0. The number of anilines is 1. The molecule has 3 rings (SSSR count). The van der Waals surface area contributed by atoms with E-state index in [1.54, 1.807) is 12.1 Å². The highest BCUT2D eigenvalue weighted by molar-refractivity contribution is 5.83. The summed E-state index contributed by atoms with van der Waals surface area (Å²) in [4.78, 5) is 14.6. The summed E-state index contributed by atoms with van der Waals surface area (Å²) >= 11 is 0. The van der Waals surface area contributed by atoms with Gasteiger partial charge >= 0.3 is 0 Å². The maximum Gasteiger partial charge on any atom is 0.227 e. The lowest BCUT2D eigenvalue weighted by Crippen LogP contribution is -2.43. The van der Waals surface area contributed by atoms with Crippen LogP contribution in [0.5, 0.6) is 0 Å². The number of carbonyl (C=O) groups excluding carboxylic acids is 1. The molecule has 0 bridgehead atoms. The fourth-order valence-electron chi connectivity index (χ4n) is 3.18. The minimum Gasteiger partial charge on any atom is -0.369 e. The second-order valence-electron chi connectivity index (χ2n) is 6.72. The molecule has 1 atom stereocenters. The number of piperazine rings is 1. The van der Waals surface area contributed by atoms with Crippen LogP contribution in [0.2, 0.25) is 0 Å². The minimum atomic E-state index is -0.286. The number of carbonyl (C=O) groups is 1. The third-order valence-corrected chi connectivity index (χ3v) is 4.89. The van der Waals surface area contributed by atoms with Crippen molar-refractivity contribution in [2.75, 3.05) is 37.6 Å². The molecular formula is C21H26FN3O. The van der Waals surface area contributed by atoms with Crippen molar-refractivity contribution in [1.82, 2.24) is 10.6 Å². The molecule has 2 N–H and O–H groups in total. The summed E-state index contributed by atoms with van der Waals surface area (Å²) in [7, 11) is 0. The summed E-state index contributed by atoms with van der Waals surface area (Å²) in [6.07, 6.45) is 0.795. The first-order valence-electron chi connectivity index (χ1n) is 9.21. The van der Waals surface area contributed by atoms with E-state index in [1.807, 2.05) is 6.92 Å². The van der Waals surface area contributed by atoms with Gasteiger partial charge in [-0.15, -0.1) is 0 Å². The van der Waals surface area contributed by atoms with Gasteiger partial charge in [-0.3, -0.25) is 4.79 Å². The predicted octanol–water partition coefficient (Wildman–Crippen LogP) is 2.70. The first-order valence-corrected chi connectivity index (χ1v) is 9.21. The molecule has 26 heavy (non-hydrogen) atoms. The molecule has 1 amide bonds. The molecule has 2 aromatic carbocycles. The average Bonchev–Trinajstić information content (AvgIpc) is 2.69. The van der Waals surface area contributed by atoms with Crippen LogP contribution in [-0.2, 0) is 11.2 Å². The van der Waals surface area contributed by atoms with Crippen LogP contribution in [0.25, 0.3) is 0 Å². The van der Waals surface area contributed by atoms with E-state index in [2.05, 4.69) is 39.8 Å². The first-order chi connectivity index (χ1) is 12.6. The van der Waals surface area contributed by atoms with Crippen molar-refractivity contribution in [3.63, 3.8) is 0 Å². The van der Waals surface area contributed by atoms with Crippen LogP contribution in [0, 0.1) is 5.82 Å². The lowest BCUT2D eigenvalue weighted by Gasteiger charge is -2.29. The van der Waals surface area contributed by atoms with Crippen molar-refractivity contribution in [2.24, 2.45) is 0 Å². The molecule has 0 saturated carbocycles. The highest BCUT2D eigenvalue weighted by Gasteiger charge is 2.15. The number of amides is 1. The second kappa shape index (κ2) is 8.81. The molecule has 0 spiro atoms. The van der Waals surface area contributed by atoms with Gasteiger partial charge < -0.3 is 15.5 Å². The smallest absolute Gasteiger partial charge is 0.227 e. The summed E-state index contributed by atoms with van der Waals surface area (Å²) in [5.74, 6) is -0.606. The third-order valence-electron chi connectivity index (χ3n) is 4.89.